The predicted molar refractivity (Wildman–Crippen MR) is 78.0 cm³/mol. The van der Waals surface area contributed by atoms with Gasteiger partial charge in [-0.05, 0) is 60.2 Å². The van der Waals surface area contributed by atoms with E-state index >= 15 is 0 Å². The maximum atomic E-state index is 13.1. The van der Waals surface area contributed by atoms with Gasteiger partial charge < -0.3 is 10.2 Å². The molecule has 0 aromatic heterocycles. The van der Waals surface area contributed by atoms with Gasteiger partial charge in [0, 0.05) is 22.7 Å². The van der Waals surface area contributed by atoms with E-state index in [2.05, 4.69) is 39.7 Å². The zero-order valence-electron chi connectivity index (χ0n) is 10.2. The minimum Gasteiger partial charge on any atom is -0.370 e. The first kappa shape index (κ1) is 13.1. The van der Waals surface area contributed by atoms with Crippen molar-refractivity contribution in [2.24, 2.45) is 5.92 Å². The minimum atomic E-state index is -0.156. The molecule has 1 heterocycles. The van der Waals surface area contributed by atoms with Crippen molar-refractivity contribution in [1.82, 2.24) is 5.32 Å². The Bertz CT molecular complexity index is 397. The fraction of sp³-hybridized carbons (Fsp3) is 0.538. The molecule has 1 aromatic carbocycles. The largest absolute Gasteiger partial charge is 0.370 e. The van der Waals surface area contributed by atoms with Crippen molar-refractivity contribution in [2.75, 3.05) is 25.0 Å². The van der Waals surface area contributed by atoms with Gasteiger partial charge in [-0.15, -0.1) is 0 Å². The van der Waals surface area contributed by atoms with Crippen LogP contribution >= 0.6 is 22.6 Å². The molecule has 2 atom stereocenters. The molecule has 4 heteroatoms. The summed E-state index contributed by atoms with van der Waals surface area (Å²) >= 11 is 2.21. The van der Waals surface area contributed by atoms with E-state index in [0.717, 1.165) is 28.8 Å². The molecule has 1 fully saturated rings. The van der Waals surface area contributed by atoms with Gasteiger partial charge in [-0.3, -0.25) is 0 Å². The van der Waals surface area contributed by atoms with E-state index in [9.17, 15) is 4.39 Å². The molecule has 1 saturated heterocycles. The summed E-state index contributed by atoms with van der Waals surface area (Å²) in [6.45, 7) is 4.34. The summed E-state index contributed by atoms with van der Waals surface area (Å²) in [6, 6.07) is 5.64. The maximum Gasteiger partial charge on any atom is 0.124 e. The van der Waals surface area contributed by atoms with E-state index in [0.29, 0.717) is 12.0 Å². The number of nitrogens with one attached hydrogen (secondary N) is 1. The lowest BCUT2D eigenvalue weighted by Gasteiger charge is -2.38. The molecule has 2 rings (SSSR count). The average Bonchev–Trinajstić information content (AvgIpc) is 2.29. The summed E-state index contributed by atoms with van der Waals surface area (Å²) in [7, 11) is 2.03. The Morgan fingerprint density at radius 3 is 2.82 bits per heavy atom. The lowest BCUT2D eigenvalue weighted by Crippen LogP contribution is -2.47. The quantitative estimate of drug-likeness (QED) is 0.827. The third-order valence-electron chi connectivity index (χ3n) is 3.53. The second-order valence-electron chi connectivity index (χ2n) is 4.70. The summed E-state index contributed by atoms with van der Waals surface area (Å²) in [5.41, 5.74) is 1.16. The Morgan fingerprint density at radius 1 is 1.47 bits per heavy atom. The Balaban J connectivity index is 2.14. The molecule has 1 aromatic rings. The first-order chi connectivity index (χ1) is 8.11. The Morgan fingerprint density at radius 2 is 2.24 bits per heavy atom. The van der Waals surface area contributed by atoms with E-state index in [4.69, 9.17) is 0 Å². The smallest absolute Gasteiger partial charge is 0.124 e. The van der Waals surface area contributed by atoms with Crippen LogP contribution in [0.25, 0.3) is 0 Å². The zero-order valence-corrected chi connectivity index (χ0v) is 12.4. The molecule has 0 saturated carbocycles. The van der Waals surface area contributed by atoms with Gasteiger partial charge in [0.2, 0.25) is 0 Å². The topological polar surface area (TPSA) is 15.3 Å². The summed E-state index contributed by atoms with van der Waals surface area (Å²) in [4.78, 5) is 2.36. The summed E-state index contributed by atoms with van der Waals surface area (Å²) in [5, 5.41) is 3.36. The monoisotopic (exact) mass is 348 g/mol. The van der Waals surface area contributed by atoms with Gasteiger partial charge in [-0.25, -0.2) is 4.39 Å². The number of piperidine rings is 1. The first-order valence-corrected chi connectivity index (χ1v) is 7.07. The maximum absolute atomic E-state index is 13.1. The highest BCUT2D eigenvalue weighted by atomic mass is 127. The molecule has 0 radical (unpaired) electrons. The van der Waals surface area contributed by atoms with Crippen molar-refractivity contribution in [3.05, 3.63) is 27.6 Å². The Hall–Kier alpha value is -0.360. The van der Waals surface area contributed by atoms with E-state index in [1.807, 2.05) is 13.1 Å². The summed E-state index contributed by atoms with van der Waals surface area (Å²) in [5.74, 6) is 0.464. The summed E-state index contributed by atoms with van der Waals surface area (Å²) < 4.78 is 14.1. The second kappa shape index (κ2) is 5.52. The fourth-order valence-electron chi connectivity index (χ4n) is 2.53. The van der Waals surface area contributed by atoms with Crippen molar-refractivity contribution in [3.63, 3.8) is 0 Å². The molecule has 0 aliphatic carbocycles. The van der Waals surface area contributed by atoms with Crippen LogP contribution in [0, 0.1) is 15.3 Å². The molecule has 1 aliphatic heterocycles. The van der Waals surface area contributed by atoms with Gasteiger partial charge in [0.15, 0.2) is 0 Å². The van der Waals surface area contributed by atoms with Crippen molar-refractivity contribution in [1.29, 1.82) is 0 Å². The van der Waals surface area contributed by atoms with E-state index in [-0.39, 0.29) is 5.82 Å². The SMILES string of the molecule is CNC1CCN(c2ccc(F)cc2I)CC1C. The number of halogens is 2. The highest BCUT2D eigenvalue weighted by Gasteiger charge is 2.25. The average molecular weight is 348 g/mol. The van der Waals surface area contributed by atoms with Crippen LogP contribution in [0.15, 0.2) is 18.2 Å². The highest BCUT2D eigenvalue weighted by molar-refractivity contribution is 14.1. The van der Waals surface area contributed by atoms with Gasteiger partial charge in [0.1, 0.15) is 5.82 Å². The lowest BCUT2D eigenvalue weighted by molar-refractivity contribution is 0.338. The first-order valence-electron chi connectivity index (χ1n) is 5.99. The van der Waals surface area contributed by atoms with E-state index in [1.165, 1.54) is 0 Å². The minimum absolute atomic E-state index is 0.156. The van der Waals surface area contributed by atoms with Crippen LogP contribution < -0.4 is 10.2 Å². The third-order valence-corrected chi connectivity index (χ3v) is 4.39. The van der Waals surface area contributed by atoms with Crippen molar-refractivity contribution < 1.29 is 4.39 Å². The molecule has 2 nitrogen and oxygen atoms in total. The normalized spacial score (nSPS) is 25.1. The second-order valence-corrected chi connectivity index (χ2v) is 5.87. The van der Waals surface area contributed by atoms with Gasteiger partial charge in [-0.2, -0.15) is 0 Å². The molecule has 17 heavy (non-hydrogen) atoms. The fourth-order valence-corrected chi connectivity index (χ4v) is 3.35. The molecule has 94 valence electrons. The van der Waals surface area contributed by atoms with Crippen LogP contribution in [-0.2, 0) is 0 Å². The van der Waals surface area contributed by atoms with Crippen molar-refractivity contribution in [3.8, 4) is 0 Å². The van der Waals surface area contributed by atoms with Crippen LogP contribution in [0.1, 0.15) is 13.3 Å². The molecule has 2 unspecified atom stereocenters. The third kappa shape index (κ3) is 2.91. The van der Waals surface area contributed by atoms with Gasteiger partial charge in [-0.1, -0.05) is 6.92 Å². The van der Waals surface area contributed by atoms with Crippen molar-refractivity contribution in [2.45, 2.75) is 19.4 Å². The van der Waals surface area contributed by atoms with Crippen LogP contribution in [0.4, 0.5) is 10.1 Å². The number of nitrogens with zero attached hydrogens (tertiary/aromatic N) is 1. The van der Waals surface area contributed by atoms with Crippen molar-refractivity contribution >= 4 is 28.3 Å². The van der Waals surface area contributed by atoms with Crippen LogP contribution in [0.3, 0.4) is 0 Å². The molecule has 1 N–H and O–H groups in total. The molecule has 0 spiro atoms. The van der Waals surface area contributed by atoms with Crippen LogP contribution in [-0.4, -0.2) is 26.2 Å². The standard InChI is InChI=1S/C13H18FIN2/c1-9-8-17(6-5-12(9)16-2)13-4-3-10(14)7-11(13)15/h3-4,7,9,12,16H,5-6,8H2,1-2H3. The Labute approximate surface area is 116 Å². The molecule has 0 amide bonds. The van der Waals surface area contributed by atoms with Gasteiger partial charge >= 0.3 is 0 Å². The molecule has 1 aliphatic rings. The van der Waals surface area contributed by atoms with Gasteiger partial charge in [0.25, 0.3) is 0 Å². The number of hydrogen-bond donors (Lipinski definition) is 1. The number of anilines is 1. The lowest BCUT2D eigenvalue weighted by atomic mass is 9.93. The number of rotatable bonds is 2. The number of benzene rings is 1. The molecular weight excluding hydrogens is 330 g/mol. The van der Waals surface area contributed by atoms with Crippen LogP contribution in [0.5, 0.6) is 0 Å². The Kier molecular flexibility index (Phi) is 4.25. The van der Waals surface area contributed by atoms with Crippen LogP contribution in [0.2, 0.25) is 0 Å². The van der Waals surface area contributed by atoms with E-state index in [1.54, 1.807) is 12.1 Å². The van der Waals surface area contributed by atoms with E-state index < -0.39 is 0 Å². The predicted octanol–water partition coefficient (Wildman–Crippen LogP) is 2.86. The molecular formula is C13H18FIN2. The van der Waals surface area contributed by atoms with Gasteiger partial charge in [0.05, 0.1) is 5.69 Å². The molecule has 0 bridgehead atoms. The summed E-state index contributed by atoms with van der Waals surface area (Å²) in [6.07, 6.45) is 1.14. The number of hydrogen-bond acceptors (Lipinski definition) is 2. The highest BCUT2D eigenvalue weighted by Crippen LogP contribution is 2.28. The zero-order chi connectivity index (χ0) is 12.4.